The van der Waals surface area contributed by atoms with Crippen molar-refractivity contribution < 1.29 is 41.2 Å². The molecule has 0 bridgehead atoms. The molecule has 0 aromatic heterocycles. The molecule has 0 aliphatic carbocycles. The molecular formula is C24H35NO10S. The summed E-state index contributed by atoms with van der Waals surface area (Å²) in [5.74, 6) is -3.05. The summed E-state index contributed by atoms with van der Waals surface area (Å²) in [6, 6.07) is 8.42. The normalized spacial score (nSPS) is 32.9. The Hall–Kier alpha value is -1.67. The summed E-state index contributed by atoms with van der Waals surface area (Å²) < 4.78 is 63.4. The highest BCUT2D eigenvalue weighted by Crippen LogP contribution is 2.44. The minimum absolute atomic E-state index is 0.165. The maximum Gasteiger partial charge on any atom is 0.275 e. The number of fused-ring (bicyclic) bond motifs is 1. The second-order valence-electron chi connectivity index (χ2n) is 10.7. The van der Waals surface area contributed by atoms with E-state index < -0.39 is 75.0 Å². The van der Waals surface area contributed by atoms with Gasteiger partial charge in [0.15, 0.2) is 17.9 Å². The van der Waals surface area contributed by atoms with Gasteiger partial charge in [-0.2, -0.15) is 8.42 Å². The van der Waals surface area contributed by atoms with Gasteiger partial charge < -0.3 is 23.7 Å². The van der Waals surface area contributed by atoms with Crippen LogP contribution in [-0.2, 0) is 38.0 Å². The summed E-state index contributed by atoms with van der Waals surface area (Å²) in [5.41, 5.74) is 0.413. The molecule has 202 valence electrons. The third kappa shape index (κ3) is 5.74. The Bertz CT molecular complexity index is 1040. The fraction of sp³-hybridized carbons (Fsp3) is 0.750. The van der Waals surface area contributed by atoms with Gasteiger partial charge in [0, 0.05) is 10.8 Å². The summed E-state index contributed by atoms with van der Waals surface area (Å²) in [7, 11) is -4.43. The van der Waals surface area contributed by atoms with Crippen LogP contribution in [0.4, 0.5) is 0 Å². The van der Waals surface area contributed by atoms with Gasteiger partial charge in [-0.15, -0.1) is 0 Å². The van der Waals surface area contributed by atoms with Crippen LogP contribution in [0.1, 0.15) is 52.4 Å². The lowest BCUT2D eigenvalue weighted by Gasteiger charge is -2.32. The standard InChI is InChI=1S/C24H35NO10S/c1-14(2)16(12-25(26)27)21(15-10-8-7-9-11-15)36(28,29)35-19-18(17-13-30-23(3,4)32-17)31-22-20(19)33-24(5,6)34-22/h7-11,14,16-22H,12-13H2,1-6H3. The van der Waals surface area contributed by atoms with Crippen molar-refractivity contribution in [2.24, 2.45) is 11.8 Å². The van der Waals surface area contributed by atoms with Crippen molar-refractivity contribution in [1.29, 1.82) is 0 Å². The van der Waals surface area contributed by atoms with Crippen LogP contribution in [0.2, 0.25) is 0 Å². The van der Waals surface area contributed by atoms with Crippen molar-refractivity contribution >= 4 is 10.1 Å². The van der Waals surface area contributed by atoms with E-state index in [0.29, 0.717) is 5.56 Å². The minimum atomic E-state index is -4.43. The first kappa shape index (κ1) is 27.4. The molecule has 3 saturated heterocycles. The van der Waals surface area contributed by atoms with Gasteiger partial charge in [0.05, 0.1) is 6.61 Å². The Kier molecular flexibility index (Phi) is 7.52. The van der Waals surface area contributed by atoms with Crippen molar-refractivity contribution in [3.8, 4) is 0 Å². The Morgan fingerprint density at radius 3 is 2.28 bits per heavy atom. The van der Waals surface area contributed by atoms with Gasteiger partial charge >= 0.3 is 0 Å². The SMILES string of the molecule is CC(C)C(C[N+](=O)[O-])C(c1ccccc1)S(=O)(=O)OC1C(C2COC(C)(C)O2)OC2OC(C)(C)OC21. The van der Waals surface area contributed by atoms with Gasteiger partial charge in [-0.3, -0.25) is 14.3 Å². The Labute approximate surface area is 211 Å². The van der Waals surface area contributed by atoms with Gasteiger partial charge in [-0.25, -0.2) is 0 Å². The van der Waals surface area contributed by atoms with E-state index in [0.717, 1.165) is 0 Å². The number of hydrogen-bond acceptors (Lipinski definition) is 10. The van der Waals surface area contributed by atoms with Crippen LogP contribution in [0.5, 0.6) is 0 Å². The second-order valence-corrected chi connectivity index (χ2v) is 12.4. The van der Waals surface area contributed by atoms with E-state index in [1.165, 1.54) is 0 Å². The lowest BCUT2D eigenvalue weighted by molar-refractivity contribution is -0.489. The summed E-state index contributed by atoms with van der Waals surface area (Å²) in [6.07, 6.45) is -4.32. The summed E-state index contributed by atoms with van der Waals surface area (Å²) in [4.78, 5) is 11.0. The fourth-order valence-corrected chi connectivity index (χ4v) is 7.07. The molecule has 11 nitrogen and oxygen atoms in total. The van der Waals surface area contributed by atoms with Gasteiger partial charge in [0.2, 0.25) is 6.54 Å². The highest BCUT2D eigenvalue weighted by Gasteiger charge is 2.60. The zero-order chi connectivity index (χ0) is 26.5. The molecule has 1 aromatic rings. The zero-order valence-electron chi connectivity index (χ0n) is 21.4. The molecule has 12 heteroatoms. The number of benzene rings is 1. The Morgan fingerprint density at radius 1 is 1.06 bits per heavy atom. The first-order valence-electron chi connectivity index (χ1n) is 12.1. The molecule has 7 atom stereocenters. The topological polar surface area (TPSA) is 133 Å². The number of nitrogens with zero attached hydrogens (tertiary/aromatic N) is 1. The molecule has 36 heavy (non-hydrogen) atoms. The summed E-state index contributed by atoms with van der Waals surface area (Å²) in [5, 5.41) is 10.2. The molecule has 3 aliphatic heterocycles. The van der Waals surface area contributed by atoms with E-state index in [1.807, 2.05) is 0 Å². The monoisotopic (exact) mass is 529 g/mol. The van der Waals surface area contributed by atoms with E-state index in [1.54, 1.807) is 71.9 Å². The zero-order valence-corrected chi connectivity index (χ0v) is 22.2. The van der Waals surface area contributed by atoms with Crippen molar-refractivity contribution in [3.05, 3.63) is 46.0 Å². The van der Waals surface area contributed by atoms with Gasteiger partial charge in [-0.05, 0) is 39.2 Å². The molecule has 4 rings (SSSR count). The molecule has 0 radical (unpaired) electrons. The highest BCUT2D eigenvalue weighted by molar-refractivity contribution is 7.87. The minimum Gasteiger partial charge on any atom is -0.348 e. The first-order valence-corrected chi connectivity index (χ1v) is 13.6. The van der Waals surface area contributed by atoms with E-state index >= 15 is 0 Å². The van der Waals surface area contributed by atoms with Crippen LogP contribution >= 0.6 is 0 Å². The van der Waals surface area contributed by atoms with Crippen LogP contribution in [0.3, 0.4) is 0 Å². The molecule has 3 heterocycles. The quantitative estimate of drug-likeness (QED) is 0.267. The molecule has 0 saturated carbocycles. The average Bonchev–Trinajstić information content (AvgIpc) is 3.37. The third-order valence-corrected chi connectivity index (χ3v) is 8.45. The lowest BCUT2D eigenvalue weighted by atomic mass is 9.88. The number of ether oxygens (including phenoxy) is 5. The molecule has 3 aliphatic rings. The van der Waals surface area contributed by atoms with E-state index in [4.69, 9.17) is 27.9 Å². The maximum absolute atomic E-state index is 14.0. The average molecular weight is 530 g/mol. The maximum atomic E-state index is 14.0. The van der Waals surface area contributed by atoms with E-state index in [-0.39, 0.29) is 12.5 Å². The van der Waals surface area contributed by atoms with E-state index in [9.17, 15) is 18.5 Å². The smallest absolute Gasteiger partial charge is 0.275 e. The molecule has 1 aromatic carbocycles. The molecular weight excluding hydrogens is 494 g/mol. The van der Waals surface area contributed by atoms with Crippen molar-refractivity contribution in [1.82, 2.24) is 0 Å². The predicted octanol–water partition coefficient (Wildman–Crippen LogP) is 3.02. The van der Waals surface area contributed by atoms with Crippen LogP contribution in [0, 0.1) is 22.0 Å². The highest BCUT2D eigenvalue weighted by atomic mass is 32.2. The predicted molar refractivity (Wildman–Crippen MR) is 127 cm³/mol. The van der Waals surface area contributed by atoms with Crippen LogP contribution in [-0.4, -0.2) is 68.8 Å². The second kappa shape index (κ2) is 9.90. The van der Waals surface area contributed by atoms with E-state index in [2.05, 4.69) is 0 Å². The number of rotatable bonds is 9. The van der Waals surface area contributed by atoms with Crippen LogP contribution < -0.4 is 0 Å². The number of nitro groups is 1. The molecule has 0 spiro atoms. The lowest BCUT2D eigenvalue weighted by Crippen LogP contribution is -2.46. The Balaban J connectivity index is 1.70. The summed E-state index contributed by atoms with van der Waals surface area (Å²) >= 11 is 0. The van der Waals surface area contributed by atoms with Crippen molar-refractivity contribution in [2.45, 2.75) is 89.1 Å². The fourth-order valence-electron chi connectivity index (χ4n) is 5.10. The van der Waals surface area contributed by atoms with Crippen molar-refractivity contribution in [3.63, 3.8) is 0 Å². The number of hydrogen-bond donors (Lipinski definition) is 0. The molecule has 7 unspecified atom stereocenters. The van der Waals surface area contributed by atoms with Crippen LogP contribution in [0.25, 0.3) is 0 Å². The van der Waals surface area contributed by atoms with Gasteiger partial charge in [-0.1, -0.05) is 44.2 Å². The largest absolute Gasteiger partial charge is 0.348 e. The third-order valence-electron chi connectivity index (χ3n) is 6.71. The van der Waals surface area contributed by atoms with Gasteiger partial charge in [0.1, 0.15) is 29.7 Å². The van der Waals surface area contributed by atoms with Gasteiger partial charge in [0.25, 0.3) is 10.1 Å². The molecule has 0 amide bonds. The molecule has 3 fully saturated rings. The first-order chi connectivity index (χ1) is 16.7. The molecule has 0 N–H and O–H groups in total. The van der Waals surface area contributed by atoms with Crippen molar-refractivity contribution in [2.75, 3.05) is 13.2 Å². The summed E-state index contributed by atoms with van der Waals surface area (Å²) in [6.45, 7) is 10.1. The van der Waals surface area contributed by atoms with Crippen LogP contribution in [0.15, 0.2) is 30.3 Å². The Morgan fingerprint density at radius 2 is 1.72 bits per heavy atom.